The van der Waals surface area contributed by atoms with Crippen molar-refractivity contribution in [2.75, 3.05) is 19.5 Å². The topological polar surface area (TPSA) is 103 Å². The molecule has 1 amide bonds. The molecule has 188 valence electrons. The summed E-state index contributed by atoms with van der Waals surface area (Å²) in [5.74, 6) is 1.39. The van der Waals surface area contributed by atoms with Crippen molar-refractivity contribution in [3.63, 3.8) is 0 Å². The van der Waals surface area contributed by atoms with Gasteiger partial charge in [0.25, 0.3) is 5.91 Å². The number of nitrogens with zero attached hydrogens (tertiary/aromatic N) is 4. The van der Waals surface area contributed by atoms with Gasteiger partial charge in [0.2, 0.25) is 11.9 Å². The minimum Gasteiger partial charge on any atom is -0.495 e. The number of hydrogen-bond acceptors (Lipinski definition) is 7. The zero-order chi connectivity index (χ0) is 25.9. The lowest BCUT2D eigenvalue weighted by Gasteiger charge is -2.13. The van der Waals surface area contributed by atoms with Gasteiger partial charge in [-0.15, -0.1) is 0 Å². The van der Waals surface area contributed by atoms with Crippen LogP contribution in [0.4, 0.5) is 16.0 Å². The lowest BCUT2D eigenvalue weighted by Crippen LogP contribution is -2.18. The van der Waals surface area contributed by atoms with E-state index < -0.39 is 5.95 Å². The second-order valence-corrected chi connectivity index (χ2v) is 8.11. The molecular weight excluding hydrogens is 475 g/mol. The highest BCUT2D eigenvalue weighted by Gasteiger charge is 2.14. The van der Waals surface area contributed by atoms with Crippen molar-refractivity contribution >= 4 is 28.6 Å². The molecule has 3 aromatic heterocycles. The van der Waals surface area contributed by atoms with E-state index in [1.54, 1.807) is 32.4 Å². The molecule has 0 aliphatic carbocycles. The fraction of sp³-hybridized carbons (Fsp3) is 0.111. The van der Waals surface area contributed by atoms with E-state index in [0.717, 1.165) is 11.1 Å². The van der Waals surface area contributed by atoms with Crippen LogP contribution in [0.2, 0.25) is 0 Å². The predicted octanol–water partition coefficient (Wildman–Crippen LogP) is 5.32. The Hall–Kier alpha value is -4.99. The zero-order valence-electron chi connectivity index (χ0n) is 20.3. The molecule has 0 atom stereocenters. The number of carbonyl (C=O) groups excluding carboxylic acids is 1. The molecule has 0 bridgehead atoms. The molecule has 0 aliphatic heterocycles. The molecule has 9 nitrogen and oxygen atoms in total. The lowest BCUT2D eigenvalue weighted by atomic mass is 10.1. The molecule has 0 unspecified atom stereocenters. The van der Waals surface area contributed by atoms with Gasteiger partial charge in [0.05, 0.1) is 23.8 Å². The van der Waals surface area contributed by atoms with Gasteiger partial charge in [-0.1, -0.05) is 6.07 Å². The summed E-state index contributed by atoms with van der Waals surface area (Å²) in [5, 5.41) is 5.87. The second-order valence-electron chi connectivity index (χ2n) is 8.11. The van der Waals surface area contributed by atoms with Crippen molar-refractivity contribution in [2.45, 2.75) is 0 Å². The van der Waals surface area contributed by atoms with Crippen LogP contribution >= 0.6 is 0 Å². The maximum Gasteiger partial charge on any atom is 0.269 e. The largest absolute Gasteiger partial charge is 0.495 e. The molecule has 2 N–H and O–H groups in total. The van der Waals surface area contributed by atoms with Crippen LogP contribution in [0.5, 0.6) is 17.2 Å². The van der Waals surface area contributed by atoms with Crippen LogP contribution in [-0.2, 0) is 7.05 Å². The number of aromatic nitrogens is 4. The first kappa shape index (κ1) is 23.7. The highest BCUT2D eigenvalue weighted by atomic mass is 19.1. The van der Waals surface area contributed by atoms with Gasteiger partial charge in [-0.25, -0.2) is 9.97 Å². The summed E-state index contributed by atoms with van der Waals surface area (Å²) in [6.07, 6.45) is 2.95. The number of amides is 1. The normalized spacial score (nSPS) is 10.8. The van der Waals surface area contributed by atoms with Gasteiger partial charge in [-0.3, -0.25) is 9.78 Å². The number of methoxy groups -OCH3 is 1. The molecule has 0 spiro atoms. The molecule has 0 saturated heterocycles. The molecule has 0 radical (unpaired) electrons. The van der Waals surface area contributed by atoms with Crippen molar-refractivity contribution < 1.29 is 20.1 Å². The number of benzene rings is 2. The summed E-state index contributed by atoms with van der Waals surface area (Å²) in [6.45, 7) is 0. The van der Waals surface area contributed by atoms with Crippen LogP contribution < -0.4 is 20.1 Å². The molecule has 5 aromatic rings. The quantitative estimate of drug-likeness (QED) is 0.292. The molecule has 0 aliphatic rings. The van der Waals surface area contributed by atoms with Crippen LogP contribution in [0, 0.1) is 5.95 Å². The van der Waals surface area contributed by atoms with E-state index in [1.807, 2.05) is 48.0 Å². The van der Waals surface area contributed by atoms with E-state index in [1.165, 1.54) is 18.5 Å². The first-order valence-corrected chi connectivity index (χ1v) is 11.3. The number of nitrogens with one attached hydrogen (secondary N) is 2. The third-order valence-corrected chi connectivity index (χ3v) is 5.78. The minimum absolute atomic E-state index is 0. The Kier molecular flexibility index (Phi) is 6.38. The second kappa shape index (κ2) is 9.94. The third kappa shape index (κ3) is 4.90. The Morgan fingerprint density at radius 3 is 2.54 bits per heavy atom. The number of imidazole rings is 1. The number of ether oxygens (including phenoxy) is 2. The minimum atomic E-state index is -0.548. The van der Waals surface area contributed by atoms with E-state index in [4.69, 9.17) is 14.5 Å². The van der Waals surface area contributed by atoms with Gasteiger partial charge in [-0.05, 0) is 47.5 Å². The monoisotopic (exact) mass is 500 g/mol. The molecule has 2 aromatic carbocycles. The van der Waals surface area contributed by atoms with Gasteiger partial charge in [0, 0.05) is 46.1 Å². The Bertz CT molecular complexity index is 1620. The van der Waals surface area contributed by atoms with Crippen molar-refractivity contribution in [1.29, 1.82) is 0 Å². The summed E-state index contributed by atoms with van der Waals surface area (Å²) in [7, 11) is 5.02. The van der Waals surface area contributed by atoms with Crippen LogP contribution in [0.25, 0.3) is 22.2 Å². The van der Waals surface area contributed by atoms with Crippen LogP contribution in [0.1, 0.15) is 11.9 Å². The fourth-order valence-corrected chi connectivity index (χ4v) is 3.91. The molecule has 37 heavy (non-hydrogen) atoms. The van der Waals surface area contributed by atoms with Gasteiger partial charge in [0.1, 0.15) is 22.9 Å². The number of halogens is 1. The number of anilines is 2. The number of fused-ring (bicyclic) bond motifs is 1. The van der Waals surface area contributed by atoms with Gasteiger partial charge in [-0.2, -0.15) is 4.39 Å². The van der Waals surface area contributed by atoms with E-state index in [9.17, 15) is 9.18 Å². The summed E-state index contributed by atoms with van der Waals surface area (Å²) in [4.78, 5) is 24.3. The molecule has 5 rings (SSSR count). The maximum atomic E-state index is 13.7. The van der Waals surface area contributed by atoms with Gasteiger partial charge < -0.3 is 24.7 Å². The number of hydrogen-bond donors (Lipinski definition) is 2. The van der Waals surface area contributed by atoms with Gasteiger partial charge in [0.15, 0.2) is 0 Å². The highest BCUT2D eigenvalue weighted by Crippen LogP contribution is 2.34. The summed E-state index contributed by atoms with van der Waals surface area (Å²) in [5.41, 5.74) is 4.01. The molecule has 10 heteroatoms. The van der Waals surface area contributed by atoms with Crippen molar-refractivity contribution in [1.82, 2.24) is 24.8 Å². The third-order valence-electron chi connectivity index (χ3n) is 5.78. The number of aryl methyl sites for hydroxylation is 1. The van der Waals surface area contributed by atoms with Crippen molar-refractivity contribution in [3.05, 3.63) is 84.7 Å². The molecular formula is C27H25FN6O3. The number of rotatable bonds is 7. The van der Waals surface area contributed by atoms with Crippen LogP contribution in [0.15, 0.2) is 73.1 Å². The SMILES string of the molecule is CNC(=O)c1cc(Oc2ccc3c(c2)nc(Nc2cc(-c4ccnc(F)c4)ccc2OC)n3C)ccn1.[HH]. The average molecular weight is 501 g/mol. The van der Waals surface area contributed by atoms with Crippen LogP contribution in [0.3, 0.4) is 0 Å². The molecule has 0 saturated carbocycles. The van der Waals surface area contributed by atoms with E-state index in [0.29, 0.717) is 40.0 Å². The van der Waals surface area contributed by atoms with E-state index in [2.05, 4.69) is 20.6 Å². The fourth-order valence-electron chi connectivity index (χ4n) is 3.91. The maximum absolute atomic E-state index is 13.7. The van der Waals surface area contributed by atoms with Crippen LogP contribution in [-0.4, -0.2) is 39.6 Å². The van der Waals surface area contributed by atoms with E-state index in [-0.39, 0.29) is 13.0 Å². The van der Waals surface area contributed by atoms with Crippen molar-refractivity contribution in [3.8, 4) is 28.4 Å². The Morgan fingerprint density at radius 2 is 1.76 bits per heavy atom. The smallest absolute Gasteiger partial charge is 0.269 e. The standard InChI is InChI=1S/C27H23FN6O3.H2/c1-29-26(35)22-15-19(9-11-30-22)37-18-5-6-23-20(14-18)32-27(34(23)2)33-21-12-16(4-7-24(21)36-3)17-8-10-31-25(28)13-17;/h4-15H,1-3H3,(H,29,35)(H,32,33);1H. The summed E-state index contributed by atoms with van der Waals surface area (Å²) in [6, 6.07) is 17.4. The Labute approximate surface area is 213 Å². The van der Waals surface area contributed by atoms with Crippen molar-refractivity contribution in [2.24, 2.45) is 7.05 Å². The van der Waals surface area contributed by atoms with Gasteiger partial charge >= 0.3 is 0 Å². The Morgan fingerprint density at radius 1 is 0.973 bits per heavy atom. The zero-order valence-corrected chi connectivity index (χ0v) is 20.3. The number of pyridine rings is 2. The summed E-state index contributed by atoms with van der Waals surface area (Å²) >= 11 is 0. The number of carbonyl (C=O) groups is 1. The first-order chi connectivity index (χ1) is 17.9. The highest BCUT2D eigenvalue weighted by molar-refractivity contribution is 5.92. The summed E-state index contributed by atoms with van der Waals surface area (Å²) < 4.78 is 27.1. The first-order valence-electron chi connectivity index (χ1n) is 11.3. The lowest BCUT2D eigenvalue weighted by molar-refractivity contribution is 0.0958. The average Bonchev–Trinajstić information content (AvgIpc) is 3.22. The molecule has 0 fully saturated rings. The molecule has 3 heterocycles. The van der Waals surface area contributed by atoms with E-state index >= 15 is 0 Å². The Balaban J connectivity index is 0.00000336. The predicted molar refractivity (Wildman–Crippen MR) is 140 cm³/mol.